The maximum Gasteiger partial charge on any atom is 0.305 e. The number of carbonyl (C=O) groups excluding carboxylic acids is 2. The van der Waals surface area contributed by atoms with Crippen LogP contribution in [0.15, 0.2) is 12.2 Å². The molecule has 2 unspecified atom stereocenters. The fourth-order valence-corrected chi connectivity index (χ4v) is 9.99. The van der Waals surface area contributed by atoms with Crippen molar-refractivity contribution < 1.29 is 24.5 Å². The molecule has 6 heteroatoms. The zero-order chi connectivity index (χ0) is 50.0. The van der Waals surface area contributed by atoms with Crippen LogP contribution < -0.4 is 5.32 Å². The Morgan fingerprint density at radius 1 is 0.391 bits per heavy atom. The van der Waals surface area contributed by atoms with Crippen LogP contribution in [0.5, 0.6) is 0 Å². The number of allylic oxidation sites excluding steroid dienone is 2. The summed E-state index contributed by atoms with van der Waals surface area (Å²) in [6, 6.07) is -0.552. The highest BCUT2D eigenvalue weighted by atomic mass is 16.5. The van der Waals surface area contributed by atoms with Gasteiger partial charge in [-0.05, 0) is 51.4 Å². The second-order valence-electron chi connectivity index (χ2n) is 21.7. The lowest BCUT2D eigenvalue weighted by Gasteiger charge is -2.22. The fraction of sp³-hybridized carbons (Fsp3) is 0.937. The van der Waals surface area contributed by atoms with Gasteiger partial charge in [0.05, 0.1) is 25.4 Å². The van der Waals surface area contributed by atoms with Crippen LogP contribution >= 0.6 is 0 Å². The van der Waals surface area contributed by atoms with Crippen LogP contribution in [0, 0.1) is 0 Å². The molecule has 410 valence electrons. The first-order valence-corrected chi connectivity index (χ1v) is 31.4. The third-order valence-corrected chi connectivity index (χ3v) is 14.8. The van der Waals surface area contributed by atoms with Crippen molar-refractivity contribution in [2.75, 3.05) is 13.2 Å². The largest absolute Gasteiger partial charge is 0.466 e. The summed E-state index contributed by atoms with van der Waals surface area (Å²) in [5, 5.41) is 23.4. The Bertz CT molecular complexity index is 1030. The van der Waals surface area contributed by atoms with Gasteiger partial charge in [0.2, 0.25) is 5.91 Å². The zero-order valence-electron chi connectivity index (χ0n) is 46.8. The Hall–Kier alpha value is -1.40. The molecule has 0 aromatic carbocycles. The lowest BCUT2D eigenvalue weighted by atomic mass is 10.0. The van der Waals surface area contributed by atoms with Gasteiger partial charge >= 0.3 is 5.97 Å². The lowest BCUT2D eigenvalue weighted by Crippen LogP contribution is -2.45. The monoisotopic (exact) mass is 974 g/mol. The maximum atomic E-state index is 12.5. The van der Waals surface area contributed by atoms with E-state index < -0.39 is 12.1 Å². The van der Waals surface area contributed by atoms with Gasteiger partial charge in [-0.15, -0.1) is 0 Å². The minimum Gasteiger partial charge on any atom is -0.466 e. The molecular formula is C63H123NO5. The van der Waals surface area contributed by atoms with Crippen molar-refractivity contribution in [3.63, 3.8) is 0 Å². The van der Waals surface area contributed by atoms with Gasteiger partial charge in [-0.1, -0.05) is 302 Å². The van der Waals surface area contributed by atoms with E-state index in [-0.39, 0.29) is 18.5 Å². The summed E-state index contributed by atoms with van der Waals surface area (Å²) < 4.78 is 5.47. The van der Waals surface area contributed by atoms with Crippen LogP contribution in [0.1, 0.15) is 354 Å². The summed E-state index contributed by atoms with van der Waals surface area (Å²) >= 11 is 0. The third kappa shape index (κ3) is 55.8. The topological polar surface area (TPSA) is 95.9 Å². The van der Waals surface area contributed by atoms with E-state index >= 15 is 0 Å². The van der Waals surface area contributed by atoms with Gasteiger partial charge in [0.25, 0.3) is 0 Å². The number of hydrogen-bond acceptors (Lipinski definition) is 5. The second kappa shape index (κ2) is 59.2. The first-order valence-electron chi connectivity index (χ1n) is 31.4. The highest BCUT2D eigenvalue weighted by molar-refractivity contribution is 5.76. The molecule has 0 saturated carbocycles. The molecule has 0 spiro atoms. The van der Waals surface area contributed by atoms with Gasteiger partial charge in [-0.2, -0.15) is 0 Å². The second-order valence-corrected chi connectivity index (χ2v) is 21.7. The number of aliphatic hydroxyl groups is 2. The number of unbranched alkanes of at least 4 members (excludes halogenated alkanes) is 46. The number of amides is 1. The molecule has 2 atom stereocenters. The molecular weight excluding hydrogens is 851 g/mol. The van der Waals surface area contributed by atoms with E-state index in [1.807, 2.05) is 0 Å². The number of hydrogen-bond donors (Lipinski definition) is 3. The molecule has 0 aliphatic heterocycles. The number of aliphatic hydroxyl groups excluding tert-OH is 2. The summed E-state index contributed by atoms with van der Waals surface area (Å²) in [4.78, 5) is 24.5. The summed E-state index contributed by atoms with van der Waals surface area (Å²) in [6.07, 6.45) is 70.7. The van der Waals surface area contributed by atoms with Crippen molar-refractivity contribution in [3.05, 3.63) is 12.2 Å². The molecule has 3 N–H and O–H groups in total. The quantitative estimate of drug-likeness (QED) is 0.0321. The van der Waals surface area contributed by atoms with Crippen molar-refractivity contribution in [1.29, 1.82) is 0 Å². The molecule has 6 nitrogen and oxygen atoms in total. The molecule has 0 aromatic heterocycles. The van der Waals surface area contributed by atoms with Gasteiger partial charge in [-0.25, -0.2) is 0 Å². The molecule has 0 radical (unpaired) electrons. The lowest BCUT2D eigenvalue weighted by molar-refractivity contribution is -0.143. The Kier molecular flexibility index (Phi) is 58.0. The van der Waals surface area contributed by atoms with Crippen LogP contribution in [0.2, 0.25) is 0 Å². The van der Waals surface area contributed by atoms with Gasteiger partial charge in [0.15, 0.2) is 0 Å². The third-order valence-electron chi connectivity index (χ3n) is 14.8. The summed E-state index contributed by atoms with van der Waals surface area (Å²) in [6.45, 7) is 4.97. The van der Waals surface area contributed by atoms with Crippen LogP contribution in [0.4, 0.5) is 0 Å². The summed E-state index contributed by atoms with van der Waals surface area (Å²) in [7, 11) is 0. The molecule has 69 heavy (non-hydrogen) atoms. The molecule has 0 aliphatic rings. The highest BCUT2D eigenvalue weighted by Gasteiger charge is 2.20. The molecule has 0 bridgehead atoms. The highest BCUT2D eigenvalue weighted by Crippen LogP contribution is 2.18. The molecule has 0 saturated heterocycles. The first-order chi connectivity index (χ1) is 34.0. The molecule has 0 aliphatic carbocycles. The SMILES string of the molecule is CCCCCCCCCCCCCCCCCCCCCCCC(O)C(CO)NC(=O)CCCCCCC/C=C\CCCCCCCCCCCOC(=O)CCCCCCCCCCCCCCC. The minimum absolute atomic E-state index is 0.00547. The standard InChI is InChI=1S/C63H123NO5/c1-3-5-7-9-11-13-15-17-18-19-20-21-22-25-28-32-35-39-43-47-51-55-61(66)60(59-65)64-62(67)56-52-48-44-40-36-33-29-26-23-24-27-30-34-38-42-46-50-54-58-69-63(68)57-53-49-45-41-37-31-16-14-12-10-8-6-4-2/h26,29,60-61,65-66H,3-25,27-28,30-59H2,1-2H3,(H,64,67)/b29-26-. The predicted molar refractivity (Wildman–Crippen MR) is 301 cm³/mol. The van der Waals surface area contributed by atoms with Crippen LogP contribution in [-0.2, 0) is 14.3 Å². The van der Waals surface area contributed by atoms with E-state index in [0.29, 0.717) is 25.9 Å². The average Bonchev–Trinajstić information content (AvgIpc) is 3.35. The van der Waals surface area contributed by atoms with Crippen molar-refractivity contribution in [3.8, 4) is 0 Å². The van der Waals surface area contributed by atoms with E-state index in [0.717, 1.165) is 57.8 Å². The van der Waals surface area contributed by atoms with E-state index in [9.17, 15) is 19.8 Å². The molecule has 0 fully saturated rings. The number of rotatable bonds is 59. The predicted octanol–water partition coefficient (Wildman–Crippen LogP) is 19.6. The molecule has 0 heterocycles. The van der Waals surface area contributed by atoms with Gasteiger partial charge in [0.1, 0.15) is 0 Å². The van der Waals surface area contributed by atoms with Crippen molar-refractivity contribution in [2.45, 2.75) is 366 Å². The number of ether oxygens (including phenoxy) is 1. The molecule has 0 aromatic rings. The maximum absolute atomic E-state index is 12.5. The summed E-state index contributed by atoms with van der Waals surface area (Å²) in [5.74, 6) is -0.0398. The van der Waals surface area contributed by atoms with E-state index in [4.69, 9.17) is 4.74 Å². The van der Waals surface area contributed by atoms with Gasteiger partial charge < -0.3 is 20.3 Å². The number of carbonyl (C=O) groups is 2. The van der Waals surface area contributed by atoms with Gasteiger partial charge in [0, 0.05) is 12.8 Å². The van der Waals surface area contributed by atoms with Crippen LogP contribution in [-0.4, -0.2) is 47.4 Å². The summed E-state index contributed by atoms with van der Waals surface area (Å²) in [5.41, 5.74) is 0. The Labute approximate surface area is 431 Å². The van der Waals surface area contributed by atoms with Crippen LogP contribution in [0.25, 0.3) is 0 Å². The smallest absolute Gasteiger partial charge is 0.305 e. The van der Waals surface area contributed by atoms with E-state index in [2.05, 4.69) is 31.3 Å². The molecule has 0 rings (SSSR count). The molecule has 1 amide bonds. The minimum atomic E-state index is -0.673. The van der Waals surface area contributed by atoms with E-state index in [1.165, 1.54) is 263 Å². The van der Waals surface area contributed by atoms with Crippen molar-refractivity contribution >= 4 is 11.9 Å². The first kappa shape index (κ1) is 67.6. The number of esters is 1. The Morgan fingerprint density at radius 3 is 1.03 bits per heavy atom. The van der Waals surface area contributed by atoms with E-state index in [1.54, 1.807) is 0 Å². The Balaban J connectivity index is 3.44. The zero-order valence-corrected chi connectivity index (χ0v) is 46.8. The number of nitrogens with one attached hydrogen (secondary N) is 1. The van der Waals surface area contributed by atoms with Crippen molar-refractivity contribution in [2.24, 2.45) is 0 Å². The normalized spacial score (nSPS) is 12.6. The van der Waals surface area contributed by atoms with Gasteiger partial charge in [-0.3, -0.25) is 9.59 Å². The van der Waals surface area contributed by atoms with Crippen LogP contribution in [0.3, 0.4) is 0 Å². The average molecular weight is 975 g/mol. The fourth-order valence-electron chi connectivity index (χ4n) is 9.99. The Morgan fingerprint density at radius 2 is 0.681 bits per heavy atom. The van der Waals surface area contributed by atoms with Crippen molar-refractivity contribution in [1.82, 2.24) is 5.32 Å².